The van der Waals surface area contributed by atoms with Gasteiger partial charge in [0.2, 0.25) is 0 Å². The van der Waals surface area contributed by atoms with E-state index in [0.717, 1.165) is 0 Å². The molecule has 0 radical (unpaired) electrons. The summed E-state index contributed by atoms with van der Waals surface area (Å²) in [4.78, 5) is 11.0. The van der Waals surface area contributed by atoms with E-state index in [2.05, 4.69) is 0 Å². The van der Waals surface area contributed by atoms with Crippen LogP contribution in [0, 0.1) is 0 Å². The Kier molecular flexibility index (Phi) is 3.08. The standard InChI is InChI=1S/CH4N2O4S/c4-1(5)2-3-8(6)7/h2-3H,(H,4,5)(H,6,7). The first-order valence-electron chi connectivity index (χ1n) is 1.48. The summed E-state index contributed by atoms with van der Waals surface area (Å²) in [6, 6.07) is 0. The zero-order valence-corrected chi connectivity index (χ0v) is 4.44. The maximum Gasteiger partial charge on any atom is 0.420 e. The van der Waals surface area contributed by atoms with Crippen molar-refractivity contribution in [2.24, 2.45) is 0 Å². The Balaban J connectivity index is 3.18. The monoisotopic (exact) mass is 140 g/mol. The van der Waals surface area contributed by atoms with Crippen molar-refractivity contribution in [1.82, 2.24) is 10.3 Å². The SMILES string of the molecule is O=C(O)NNS(=O)O. The molecule has 0 saturated carbocycles. The number of nitrogens with one attached hydrogen (secondary N) is 2. The van der Waals surface area contributed by atoms with E-state index in [9.17, 15) is 9.00 Å². The molecule has 4 N–H and O–H groups in total. The summed E-state index contributed by atoms with van der Waals surface area (Å²) in [5.41, 5.74) is 1.46. The second-order valence-electron chi connectivity index (χ2n) is 0.781. The smallest absolute Gasteiger partial charge is 0.420 e. The molecule has 0 aromatic heterocycles. The molecule has 0 aromatic rings. The van der Waals surface area contributed by atoms with Crippen molar-refractivity contribution < 1.29 is 18.7 Å². The highest BCUT2D eigenvalue weighted by atomic mass is 32.2. The fraction of sp³-hybridized carbons (Fsp3) is 0. The van der Waals surface area contributed by atoms with Crippen LogP contribution in [-0.2, 0) is 11.3 Å². The molecule has 1 atom stereocenters. The molecule has 0 fully saturated rings. The summed E-state index contributed by atoms with van der Waals surface area (Å²) < 4.78 is 17.4. The third-order valence-electron chi connectivity index (χ3n) is 0.245. The molecular formula is CH4N2O4S. The summed E-state index contributed by atoms with van der Waals surface area (Å²) in [7, 11) is 0. The number of carboxylic acid groups (broad SMARTS) is 1. The van der Waals surface area contributed by atoms with Crippen molar-refractivity contribution in [1.29, 1.82) is 0 Å². The van der Waals surface area contributed by atoms with Gasteiger partial charge in [0.05, 0.1) is 0 Å². The van der Waals surface area contributed by atoms with Crippen LogP contribution in [0.3, 0.4) is 0 Å². The predicted octanol–water partition coefficient (Wildman–Crippen LogP) is -1.10. The molecule has 0 saturated heterocycles. The largest absolute Gasteiger partial charge is 0.464 e. The van der Waals surface area contributed by atoms with E-state index in [4.69, 9.17) is 9.66 Å². The van der Waals surface area contributed by atoms with E-state index in [1.165, 1.54) is 10.3 Å². The van der Waals surface area contributed by atoms with Crippen molar-refractivity contribution in [3.05, 3.63) is 0 Å². The van der Waals surface area contributed by atoms with Gasteiger partial charge < -0.3 is 5.11 Å². The van der Waals surface area contributed by atoms with Crippen LogP contribution >= 0.6 is 0 Å². The first kappa shape index (κ1) is 7.34. The molecule has 0 aliphatic carbocycles. The first-order valence-corrected chi connectivity index (χ1v) is 2.59. The van der Waals surface area contributed by atoms with Crippen molar-refractivity contribution >= 4 is 17.4 Å². The summed E-state index contributed by atoms with van der Waals surface area (Å²) in [5.74, 6) is 0. The van der Waals surface area contributed by atoms with Gasteiger partial charge in [0.15, 0.2) is 0 Å². The molecule has 8 heavy (non-hydrogen) atoms. The first-order chi connectivity index (χ1) is 3.63. The molecule has 0 aliphatic rings. The number of hydrogen-bond donors (Lipinski definition) is 4. The number of amides is 1. The van der Waals surface area contributed by atoms with Crippen molar-refractivity contribution in [3.8, 4) is 0 Å². The minimum atomic E-state index is -2.33. The van der Waals surface area contributed by atoms with Gasteiger partial charge in [-0.3, -0.25) is 4.55 Å². The van der Waals surface area contributed by atoms with Crippen molar-refractivity contribution in [3.63, 3.8) is 0 Å². The number of rotatable bonds is 2. The van der Waals surface area contributed by atoms with E-state index in [0.29, 0.717) is 0 Å². The molecule has 0 rings (SSSR count). The lowest BCUT2D eigenvalue weighted by Crippen LogP contribution is -2.36. The maximum absolute atomic E-state index is 9.58. The Morgan fingerprint density at radius 2 is 2.12 bits per heavy atom. The zero-order valence-electron chi connectivity index (χ0n) is 3.62. The molecule has 0 spiro atoms. The van der Waals surface area contributed by atoms with Crippen LogP contribution in [0.2, 0.25) is 0 Å². The second kappa shape index (κ2) is 3.36. The summed E-state index contributed by atoms with van der Waals surface area (Å²) in [5, 5.41) is 7.74. The summed E-state index contributed by atoms with van der Waals surface area (Å²) in [6.45, 7) is 0. The van der Waals surface area contributed by atoms with E-state index in [1.54, 1.807) is 0 Å². The van der Waals surface area contributed by atoms with Crippen LogP contribution in [0.15, 0.2) is 0 Å². The Bertz CT molecular complexity index is 98.6. The Morgan fingerprint density at radius 3 is 2.25 bits per heavy atom. The van der Waals surface area contributed by atoms with Gasteiger partial charge >= 0.3 is 6.09 Å². The van der Waals surface area contributed by atoms with E-state index < -0.39 is 17.4 Å². The van der Waals surface area contributed by atoms with Gasteiger partial charge in [0, 0.05) is 0 Å². The lowest BCUT2D eigenvalue weighted by Gasteiger charge is -1.93. The summed E-state index contributed by atoms with van der Waals surface area (Å²) in [6.07, 6.45) is -1.41. The van der Waals surface area contributed by atoms with Gasteiger partial charge in [0.1, 0.15) is 0 Å². The average Bonchev–Trinajstić information content (AvgIpc) is 1.61. The Labute approximate surface area is 47.3 Å². The fourth-order valence-corrected chi connectivity index (χ4v) is 0.262. The molecule has 48 valence electrons. The number of carbonyl (C=O) groups is 1. The van der Waals surface area contributed by atoms with E-state index in [1.807, 2.05) is 0 Å². The van der Waals surface area contributed by atoms with Crippen LogP contribution in [0.5, 0.6) is 0 Å². The minimum Gasteiger partial charge on any atom is -0.464 e. The molecule has 0 bridgehead atoms. The van der Waals surface area contributed by atoms with Crippen LogP contribution in [0.4, 0.5) is 4.79 Å². The lowest BCUT2D eigenvalue weighted by molar-refractivity contribution is 0.192. The molecule has 0 aromatic carbocycles. The van der Waals surface area contributed by atoms with Crippen molar-refractivity contribution in [2.45, 2.75) is 0 Å². The second-order valence-corrected chi connectivity index (χ2v) is 1.48. The van der Waals surface area contributed by atoms with Crippen molar-refractivity contribution in [2.75, 3.05) is 0 Å². The molecule has 1 amide bonds. The molecule has 1 unspecified atom stereocenters. The quantitative estimate of drug-likeness (QED) is 0.289. The molecule has 6 nitrogen and oxygen atoms in total. The van der Waals surface area contributed by atoms with Gasteiger partial charge in [-0.1, -0.05) is 0 Å². The van der Waals surface area contributed by atoms with Crippen LogP contribution in [-0.4, -0.2) is 20.0 Å². The van der Waals surface area contributed by atoms with Crippen LogP contribution in [0.1, 0.15) is 0 Å². The van der Waals surface area contributed by atoms with Gasteiger partial charge in [-0.2, -0.15) is 0 Å². The highest BCUT2D eigenvalue weighted by molar-refractivity contribution is 7.77. The summed E-state index contributed by atoms with van der Waals surface area (Å²) >= 11 is -2.33. The maximum atomic E-state index is 9.58. The number of hydrazine groups is 1. The molecule has 0 aliphatic heterocycles. The Hall–Kier alpha value is -0.660. The fourth-order valence-electron chi connectivity index (χ4n) is 0.0873. The van der Waals surface area contributed by atoms with Crippen LogP contribution < -0.4 is 10.3 Å². The van der Waals surface area contributed by atoms with Gasteiger partial charge in [-0.05, 0) is 0 Å². The zero-order chi connectivity index (χ0) is 6.57. The van der Waals surface area contributed by atoms with Gasteiger partial charge in [-0.25, -0.2) is 14.4 Å². The molecule has 7 heteroatoms. The number of hydrogen-bond acceptors (Lipinski definition) is 2. The predicted molar refractivity (Wildman–Crippen MR) is 25.1 cm³/mol. The normalized spacial score (nSPS) is 12.6. The molecule has 0 heterocycles. The van der Waals surface area contributed by atoms with E-state index >= 15 is 0 Å². The van der Waals surface area contributed by atoms with E-state index in [-0.39, 0.29) is 0 Å². The Morgan fingerprint density at radius 1 is 1.62 bits per heavy atom. The third kappa shape index (κ3) is 5.34. The highest BCUT2D eigenvalue weighted by Gasteiger charge is 1.92. The lowest BCUT2D eigenvalue weighted by atomic mass is 11.3. The topological polar surface area (TPSA) is 98.7 Å². The minimum absolute atomic E-state index is 1.41. The van der Waals surface area contributed by atoms with Crippen LogP contribution in [0.25, 0.3) is 0 Å². The van der Waals surface area contributed by atoms with Gasteiger partial charge in [-0.15, -0.1) is 4.83 Å². The third-order valence-corrected chi connectivity index (χ3v) is 0.522. The molecular weight excluding hydrogens is 136 g/mol. The van der Waals surface area contributed by atoms with Gasteiger partial charge in [0.25, 0.3) is 11.3 Å². The highest BCUT2D eigenvalue weighted by Crippen LogP contribution is 1.56. The average molecular weight is 140 g/mol.